The van der Waals surface area contributed by atoms with Crippen LogP contribution in [-0.2, 0) is 9.63 Å². The van der Waals surface area contributed by atoms with Crippen LogP contribution in [0.2, 0.25) is 0 Å². The number of aliphatic carboxylic acids is 1. The maximum atomic E-state index is 10.6. The number of nitrogens with zero attached hydrogens (tertiary/aromatic N) is 2. The Bertz CT molecular complexity index is 375. The van der Waals surface area contributed by atoms with Gasteiger partial charge in [0.05, 0.1) is 5.71 Å². The normalized spacial score (nSPS) is 20.0. The number of oxime groups is 1. The van der Waals surface area contributed by atoms with Gasteiger partial charge in [0.2, 0.25) is 6.10 Å². The molecule has 0 fully saturated rings. The van der Waals surface area contributed by atoms with Crippen molar-refractivity contribution >= 4 is 11.7 Å². The Balaban J connectivity index is 2.13. The molecule has 0 saturated heterocycles. The van der Waals surface area contributed by atoms with Crippen molar-refractivity contribution < 1.29 is 14.7 Å². The number of aromatic nitrogens is 1. The number of pyridine rings is 1. The molecule has 0 bridgehead atoms. The SMILES string of the molecule is O=C(O)C1CC(c2cccnc2)=NO1. The van der Waals surface area contributed by atoms with E-state index in [1.54, 1.807) is 18.5 Å². The fourth-order valence-electron chi connectivity index (χ4n) is 1.21. The van der Waals surface area contributed by atoms with Crippen molar-refractivity contribution in [2.75, 3.05) is 0 Å². The average molecular weight is 192 g/mol. The van der Waals surface area contributed by atoms with Crippen LogP contribution in [0.5, 0.6) is 0 Å². The monoisotopic (exact) mass is 192 g/mol. The molecule has 0 amide bonds. The second kappa shape index (κ2) is 3.45. The fraction of sp³-hybridized carbons (Fsp3) is 0.222. The molecule has 2 heterocycles. The first-order chi connectivity index (χ1) is 6.77. The third-order valence-corrected chi connectivity index (χ3v) is 1.94. The molecule has 1 unspecified atom stereocenters. The third kappa shape index (κ3) is 1.56. The first-order valence-electron chi connectivity index (χ1n) is 4.13. The lowest BCUT2D eigenvalue weighted by Gasteiger charge is -1.99. The first-order valence-corrected chi connectivity index (χ1v) is 4.13. The summed E-state index contributed by atoms with van der Waals surface area (Å²) in [7, 11) is 0. The van der Waals surface area contributed by atoms with Crippen LogP contribution in [0, 0.1) is 0 Å². The highest BCUT2D eigenvalue weighted by molar-refractivity contribution is 6.03. The van der Waals surface area contributed by atoms with Gasteiger partial charge in [0.1, 0.15) is 0 Å². The van der Waals surface area contributed by atoms with E-state index in [-0.39, 0.29) is 0 Å². The van der Waals surface area contributed by atoms with Gasteiger partial charge in [-0.25, -0.2) is 4.79 Å². The summed E-state index contributed by atoms with van der Waals surface area (Å²) in [5.41, 5.74) is 1.43. The van der Waals surface area contributed by atoms with Crippen molar-refractivity contribution in [2.24, 2.45) is 5.16 Å². The summed E-state index contributed by atoms with van der Waals surface area (Å²) >= 11 is 0. The molecule has 72 valence electrons. The van der Waals surface area contributed by atoms with Crippen molar-refractivity contribution in [1.82, 2.24) is 4.98 Å². The van der Waals surface area contributed by atoms with Crippen LogP contribution < -0.4 is 0 Å². The van der Waals surface area contributed by atoms with Gasteiger partial charge in [-0.3, -0.25) is 4.98 Å². The maximum Gasteiger partial charge on any atom is 0.348 e. The minimum absolute atomic E-state index is 0.293. The lowest BCUT2D eigenvalue weighted by molar-refractivity contribution is -0.148. The number of rotatable bonds is 2. The zero-order chi connectivity index (χ0) is 9.97. The summed E-state index contributed by atoms with van der Waals surface area (Å²) in [6.45, 7) is 0. The molecule has 2 rings (SSSR count). The average Bonchev–Trinajstić information content (AvgIpc) is 2.68. The van der Waals surface area contributed by atoms with Crippen molar-refractivity contribution in [3.8, 4) is 0 Å². The van der Waals surface area contributed by atoms with Crippen LogP contribution in [0.3, 0.4) is 0 Å². The van der Waals surface area contributed by atoms with Gasteiger partial charge in [0.15, 0.2) is 0 Å². The molecular weight excluding hydrogens is 184 g/mol. The van der Waals surface area contributed by atoms with Crippen molar-refractivity contribution in [3.05, 3.63) is 30.1 Å². The topological polar surface area (TPSA) is 71.8 Å². The summed E-state index contributed by atoms with van der Waals surface area (Å²) in [4.78, 5) is 19.2. The van der Waals surface area contributed by atoms with Gasteiger partial charge in [0.25, 0.3) is 0 Å². The number of carbonyl (C=O) groups is 1. The van der Waals surface area contributed by atoms with Crippen molar-refractivity contribution in [3.63, 3.8) is 0 Å². The summed E-state index contributed by atoms with van der Waals surface area (Å²) in [6, 6.07) is 3.59. The molecule has 0 aliphatic carbocycles. The van der Waals surface area contributed by atoms with Crippen molar-refractivity contribution in [2.45, 2.75) is 12.5 Å². The van der Waals surface area contributed by atoms with E-state index in [4.69, 9.17) is 9.94 Å². The second-order valence-electron chi connectivity index (χ2n) is 2.92. The number of hydrogen-bond acceptors (Lipinski definition) is 4. The lowest BCUT2D eigenvalue weighted by Crippen LogP contribution is -2.19. The second-order valence-corrected chi connectivity index (χ2v) is 2.92. The van der Waals surface area contributed by atoms with Crippen LogP contribution in [0.1, 0.15) is 12.0 Å². The molecule has 1 aromatic rings. The Morgan fingerprint density at radius 2 is 2.50 bits per heavy atom. The van der Waals surface area contributed by atoms with E-state index in [9.17, 15) is 4.79 Å². The summed E-state index contributed by atoms with van der Waals surface area (Å²) < 4.78 is 0. The van der Waals surface area contributed by atoms with E-state index >= 15 is 0 Å². The molecule has 0 spiro atoms. The smallest absolute Gasteiger partial charge is 0.348 e. The van der Waals surface area contributed by atoms with E-state index in [0.717, 1.165) is 5.56 Å². The Morgan fingerprint density at radius 1 is 1.64 bits per heavy atom. The number of carboxylic acids is 1. The molecule has 1 N–H and O–H groups in total. The Hall–Kier alpha value is -1.91. The van der Waals surface area contributed by atoms with E-state index in [1.807, 2.05) is 6.07 Å². The Labute approximate surface area is 80.0 Å². The van der Waals surface area contributed by atoms with Gasteiger partial charge in [-0.2, -0.15) is 0 Å². The molecule has 0 saturated carbocycles. The predicted molar refractivity (Wildman–Crippen MR) is 47.9 cm³/mol. The largest absolute Gasteiger partial charge is 0.478 e. The highest BCUT2D eigenvalue weighted by Crippen LogP contribution is 2.15. The standard InChI is InChI=1S/C9H8N2O3/c12-9(13)8-4-7(11-14-8)6-2-1-3-10-5-6/h1-3,5,8H,4H2,(H,12,13). The van der Waals surface area contributed by atoms with Crippen molar-refractivity contribution in [1.29, 1.82) is 0 Å². The van der Waals surface area contributed by atoms with Gasteiger partial charge in [-0.05, 0) is 12.1 Å². The summed E-state index contributed by atoms with van der Waals surface area (Å²) in [5, 5.41) is 12.4. The van der Waals surface area contributed by atoms with E-state index in [0.29, 0.717) is 12.1 Å². The van der Waals surface area contributed by atoms with Crippen LogP contribution in [0.4, 0.5) is 0 Å². The first kappa shape index (κ1) is 8.68. The zero-order valence-electron chi connectivity index (χ0n) is 7.25. The number of carboxylic acid groups (broad SMARTS) is 1. The lowest BCUT2D eigenvalue weighted by atomic mass is 10.1. The predicted octanol–water partition coefficient (Wildman–Crippen LogP) is 0.659. The highest BCUT2D eigenvalue weighted by Gasteiger charge is 2.28. The molecule has 1 aromatic heterocycles. The molecule has 5 heteroatoms. The van der Waals surface area contributed by atoms with Gasteiger partial charge in [-0.15, -0.1) is 0 Å². The van der Waals surface area contributed by atoms with E-state index in [2.05, 4.69) is 10.1 Å². The molecule has 5 nitrogen and oxygen atoms in total. The molecule has 0 radical (unpaired) electrons. The minimum atomic E-state index is -0.993. The Kier molecular flexibility index (Phi) is 2.14. The van der Waals surface area contributed by atoms with Crippen LogP contribution in [0.25, 0.3) is 0 Å². The van der Waals surface area contributed by atoms with Gasteiger partial charge in [0, 0.05) is 24.4 Å². The Morgan fingerprint density at radius 3 is 3.07 bits per heavy atom. The molecule has 1 aliphatic heterocycles. The zero-order valence-corrected chi connectivity index (χ0v) is 7.25. The molecule has 14 heavy (non-hydrogen) atoms. The molecule has 1 atom stereocenters. The molecular formula is C9H8N2O3. The van der Waals surface area contributed by atoms with Crippen LogP contribution in [0.15, 0.2) is 29.7 Å². The van der Waals surface area contributed by atoms with Crippen LogP contribution >= 0.6 is 0 Å². The van der Waals surface area contributed by atoms with Gasteiger partial charge >= 0.3 is 5.97 Å². The van der Waals surface area contributed by atoms with Crippen LogP contribution in [-0.4, -0.2) is 27.9 Å². The van der Waals surface area contributed by atoms with E-state index < -0.39 is 12.1 Å². The summed E-state index contributed by atoms with van der Waals surface area (Å²) in [6.07, 6.45) is 2.72. The molecule has 0 aromatic carbocycles. The summed E-state index contributed by atoms with van der Waals surface area (Å²) in [5.74, 6) is -0.993. The third-order valence-electron chi connectivity index (χ3n) is 1.94. The number of hydrogen-bond donors (Lipinski definition) is 1. The fourth-order valence-corrected chi connectivity index (χ4v) is 1.21. The maximum absolute atomic E-state index is 10.6. The van der Waals surface area contributed by atoms with Gasteiger partial charge in [-0.1, -0.05) is 5.16 Å². The highest BCUT2D eigenvalue weighted by atomic mass is 16.7. The minimum Gasteiger partial charge on any atom is -0.478 e. The molecule has 1 aliphatic rings. The van der Waals surface area contributed by atoms with E-state index in [1.165, 1.54) is 0 Å². The van der Waals surface area contributed by atoms with Gasteiger partial charge < -0.3 is 9.94 Å². The quantitative estimate of drug-likeness (QED) is 0.747.